The molecule has 0 bridgehead atoms. The van der Waals surface area contributed by atoms with Crippen LogP contribution in [-0.4, -0.2) is 59.8 Å². The van der Waals surface area contributed by atoms with Crippen molar-refractivity contribution in [1.82, 2.24) is 4.63 Å². The molecule has 0 aliphatic rings. The Morgan fingerprint density at radius 3 is 1.15 bits per heavy atom. The van der Waals surface area contributed by atoms with Gasteiger partial charge in [-0.1, -0.05) is 0 Å². The molecule has 65 valence electrons. The van der Waals surface area contributed by atoms with Crippen LogP contribution in [0.15, 0.2) is 0 Å². The number of hydrogen-bond donors (Lipinski definition) is 3. The largest absolute Gasteiger partial charge is 0.488 e. The van der Waals surface area contributed by atoms with E-state index in [0.29, 0.717) is 26.9 Å². The summed E-state index contributed by atoms with van der Waals surface area (Å²) in [7, 11) is 1.21. The van der Waals surface area contributed by atoms with E-state index in [4.69, 9.17) is 15.3 Å². The predicted molar refractivity (Wildman–Crippen MR) is 43.2 cm³/mol. The number of carboxylic acid groups (broad SMARTS) is 3. The molecule has 0 heterocycles. The van der Waals surface area contributed by atoms with Gasteiger partial charge in [0.1, 0.15) is 0 Å². The van der Waals surface area contributed by atoms with Gasteiger partial charge in [-0.15, -0.1) is 0 Å². The van der Waals surface area contributed by atoms with Crippen LogP contribution in [0.4, 0.5) is 14.4 Å². The van der Waals surface area contributed by atoms with Gasteiger partial charge in [-0.25, -0.2) is 0 Å². The summed E-state index contributed by atoms with van der Waals surface area (Å²) in [6.45, 7) is 0. The maximum atomic E-state index is 10.0. The highest BCUT2D eigenvalue weighted by Crippen LogP contribution is 1.83. The summed E-state index contributed by atoms with van der Waals surface area (Å²) in [5.74, 6) is -4.35. The fraction of sp³-hybridized carbons (Fsp3) is 0. The minimum atomic E-state index is -1.45. The lowest BCUT2D eigenvalue weighted by atomic mass is 9.65. The van der Waals surface area contributed by atoms with E-state index in [1.807, 2.05) is 0 Å². The lowest BCUT2D eigenvalue weighted by Crippen LogP contribution is -2.44. The number of rotatable bonds is 6. The van der Waals surface area contributed by atoms with E-state index in [-0.39, 0.29) is 0 Å². The van der Waals surface area contributed by atoms with E-state index in [2.05, 4.69) is 0 Å². The van der Waals surface area contributed by atoms with E-state index in [1.165, 1.54) is 0 Å². The van der Waals surface area contributed by atoms with Crippen LogP contribution >= 0.6 is 0 Å². The topological polar surface area (TPSA) is 115 Å². The maximum Gasteiger partial charge on any atom is 0.333 e. The molecule has 3 radical (unpaired) electrons. The average Bonchev–Trinajstić information content (AvgIpc) is 1.80. The molecule has 0 aromatic carbocycles. The summed E-state index contributed by atoms with van der Waals surface area (Å²) in [6, 6.07) is 0. The van der Waals surface area contributed by atoms with Crippen LogP contribution in [-0.2, 0) is 0 Å². The minimum Gasteiger partial charge on any atom is -0.488 e. The number of carbonyl (C=O) groups is 3. The Bertz CT molecular complexity index is 193. The Hall–Kier alpha value is -1.44. The van der Waals surface area contributed by atoms with Crippen LogP contribution in [0.5, 0.6) is 0 Å². The zero-order valence-corrected chi connectivity index (χ0v) is 6.25. The van der Waals surface area contributed by atoms with Crippen molar-refractivity contribution < 1.29 is 29.7 Å². The van der Waals surface area contributed by atoms with Gasteiger partial charge in [-0.2, -0.15) is 0 Å². The lowest BCUT2D eigenvalue weighted by Gasteiger charge is -2.11. The highest BCUT2D eigenvalue weighted by atomic mass is 16.4. The van der Waals surface area contributed by atoms with Crippen molar-refractivity contribution in [3.8, 4) is 0 Å². The third-order valence-corrected chi connectivity index (χ3v) is 0.779. The zero-order valence-electron chi connectivity index (χ0n) is 6.25. The summed E-state index contributed by atoms with van der Waals surface area (Å²) >= 11 is 0. The fourth-order valence-electron chi connectivity index (χ4n) is 0.494. The van der Waals surface area contributed by atoms with Crippen molar-refractivity contribution in [2.45, 2.75) is 0 Å². The Balaban J connectivity index is 4.10. The number of hydrogen-bond acceptors (Lipinski definition) is 4. The molecule has 7 nitrogen and oxygen atoms in total. The lowest BCUT2D eigenvalue weighted by molar-refractivity contribution is 0.218. The van der Waals surface area contributed by atoms with Gasteiger partial charge in [0.25, 0.3) is 17.6 Å². The van der Waals surface area contributed by atoms with Crippen molar-refractivity contribution in [3.05, 3.63) is 0 Å². The molecule has 3 N–H and O–H groups in total. The molecule has 10 heteroatoms. The molecule has 0 unspecified atom stereocenters. The van der Waals surface area contributed by atoms with E-state index in [0.717, 1.165) is 0 Å². The van der Waals surface area contributed by atoms with E-state index in [9.17, 15) is 14.4 Å². The quantitative estimate of drug-likeness (QED) is 0.459. The second-order valence-electron chi connectivity index (χ2n) is 1.85. The molecule has 0 atom stereocenters. The Kier molecular flexibility index (Phi) is 4.67. The zero-order chi connectivity index (χ0) is 10.4. The van der Waals surface area contributed by atoms with Crippen molar-refractivity contribution >= 4 is 39.8 Å². The maximum absolute atomic E-state index is 10.0. The molecule has 0 aromatic rings. The van der Waals surface area contributed by atoms with Gasteiger partial charge in [0.05, 0.1) is 0 Å². The normalized spacial score (nSPS) is 9.00. The number of nitrogens with zero attached hydrogens (tertiary/aromatic N) is 1. The van der Waals surface area contributed by atoms with Gasteiger partial charge in [-0.3, -0.25) is 14.4 Å². The summed E-state index contributed by atoms with van der Waals surface area (Å²) in [5.41, 5.74) is 0. The van der Waals surface area contributed by atoms with Gasteiger partial charge in [0, 0.05) is 0 Å². The van der Waals surface area contributed by atoms with Crippen LogP contribution < -0.4 is 0 Å². The summed E-state index contributed by atoms with van der Waals surface area (Å²) in [6.07, 6.45) is 0. The highest BCUT2D eigenvalue weighted by molar-refractivity contribution is 6.94. The van der Waals surface area contributed by atoms with Crippen molar-refractivity contribution in [2.24, 2.45) is 0 Å². The Morgan fingerprint density at radius 1 is 0.769 bits per heavy atom. The molecule has 0 rings (SSSR count). The molecule has 0 aliphatic carbocycles. The molecule has 0 spiro atoms. The van der Waals surface area contributed by atoms with Crippen molar-refractivity contribution in [1.29, 1.82) is 0 Å². The van der Waals surface area contributed by atoms with Crippen LogP contribution in [0.1, 0.15) is 0 Å². The first-order chi connectivity index (χ1) is 5.91. The standard InChI is InChI=1S/C3H3B3NO6/c8-1(9)4-7(5-2(10)11)6-3(12)13/h(H,8,9)(H,10,11)(H,12,13). The van der Waals surface area contributed by atoms with Crippen LogP contribution in [0.25, 0.3) is 0 Å². The molecule has 13 heavy (non-hydrogen) atoms. The van der Waals surface area contributed by atoms with Crippen LogP contribution in [0.2, 0.25) is 0 Å². The van der Waals surface area contributed by atoms with Gasteiger partial charge < -0.3 is 20.0 Å². The Labute approximate surface area is 75.1 Å². The van der Waals surface area contributed by atoms with Gasteiger partial charge >= 0.3 is 22.2 Å². The SMILES string of the molecule is O=C(O)[B]N([B]C(=O)O)[B]C(=O)O. The average molecular weight is 181 g/mol. The van der Waals surface area contributed by atoms with Gasteiger partial charge in [0.15, 0.2) is 0 Å². The molecular formula is C3H3B3NO6. The summed E-state index contributed by atoms with van der Waals surface area (Å²) < 4.78 is 0.424. The first kappa shape index (κ1) is 11.6. The van der Waals surface area contributed by atoms with Gasteiger partial charge in [-0.05, 0) is 0 Å². The molecule has 0 saturated carbocycles. The first-order valence-electron chi connectivity index (χ1n) is 2.92. The van der Waals surface area contributed by atoms with Gasteiger partial charge in [0.2, 0.25) is 0 Å². The minimum absolute atomic E-state index is 0.405. The molecule has 0 aromatic heterocycles. The third kappa shape index (κ3) is 6.94. The third-order valence-electron chi connectivity index (χ3n) is 0.779. The summed E-state index contributed by atoms with van der Waals surface area (Å²) in [4.78, 5) is 30.1. The first-order valence-corrected chi connectivity index (χ1v) is 2.92. The second-order valence-corrected chi connectivity index (χ2v) is 1.85. The van der Waals surface area contributed by atoms with E-state index < -0.39 is 17.6 Å². The van der Waals surface area contributed by atoms with Crippen LogP contribution in [0.3, 0.4) is 0 Å². The summed E-state index contributed by atoms with van der Waals surface area (Å²) in [5, 5.41) is 24.6. The fourth-order valence-corrected chi connectivity index (χ4v) is 0.494. The van der Waals surface area contributed by atoms with E-state index in [1.54, 1.807) is 0 Å². The second kappa shape index (κ2) is 5.25. The molecular weight excluding hydrogens is 178 g/mol. The predicted octanol–water partition coefficient (Wildman–Crippen LogP) is -0.820. The molecule has 0 fully saturated rings. The van der Waals surface area contributed by atoms with E-state index >= 15 is 0 Å². The molecule has 0 amide bonds. The smallest absolute Gasteiger partial charge is 0.333 e. The van der Waals surface area contributed by atoms with Crippen molar-refractivity contribution in [2.75, 3.05) is 0 Å². The molecule has 0 saturated heterocycles. The molecule has 0 aliphatic heterocycles. The Morgan fingerprint density at radius 2 is 1.00 bits per heavy atom. The van der Waals surface area contributed by atoms with Crippen molar-refractivity contribution in [3.63, 3.8) is 0 Å². The van der Waals surface area contributed by atoms with Crippen LogP contribution in [0, 0.1) is 0 Å². The monoisotopic (exact) mass is 182 g/mol. The highest BCUT2D eigenvalue weighted by Gasteiger charge is 2.21.